The Kier molecular flexibility index (Phi) is 3.66. The van der Waals surface area contributed by atoms with Crippen molar-refractivity contribution in [2.24, 2.45) is 11.8 Å². The smallest absolute Gasteiger partial charge is 0.244 e. The average Bonchev–Trinajstić information content (AvgIpc) is 3.08. The number of carbonyl (C=O) groups is 1. The summed E-state index contributed by atoms with van der Waals surface area (Å²) < 4.78 is 5.35. The van der Waals surface area contributed by atoms with Gasteiger partial charge in [0.15, 0.2) is 0 Å². The highest BCUT2D eigenvalue weighted by molar-refractivity contribution is 5.98. The van der Waals surface area contributed by atoms with E-state index in [0.29, 0.717) is 11.8 Å². The predicted molar refractivity (Wildman–Crippen MR) is 79.0 cm³/mol. The summed E-state index contributed by atoms with van der Waals surface area (Å²) in [5.41, 5.74) is 0.836. The lowest BCUT2D eigenvalue weighted by atomic mass is 9.93. The normalized spacial score (nSPS) is 28.2. The first-order chi connectivity index (χ1) is 9.72. The van der Waals surface area contributed by atoms with Crippen LogP contribution in [0.2, 0.25) is 0 Å². The van der Waals surface area contributed by atoms with Gasteiger partial charge in [0.2, 0.25) is 5.91 Å². The lowest BCUT2D eigenvalue weighted by Gasteiger charge is -2.25. The number of methoxy groups -OCH3 is 1. The summed E-state index contributed by atoms with van der Waals surface area (Å²) in [6.07, 6.45) is 3.70. The number of benzene rings is 1. The summed E-state index contributed by atoms with van der Waals surface area (Å²) in [6.45, 7) is 0.987. The minimum absolute atomic E-state index is 0.0302. The molecule has 0 spiro atoms. The number of fused-ring (bicyclic) bond motifs is 1. The zero-order valence-electron chi connectivity index (χ0n) is 12.1. The summed E-state index contributed by atoms with van der Waals surface area (Å²) in [7, 11) is 3.47. The fourth-order valence-electron chi connectivity index (χ4n) is 3.69. The van der Waals surface area contributed by atoms with Gasteiger partial charge in [0.25, 0.3) is 0 Å². The zero-order valence-corrected chi connectivity index (χ0v) is 12.1. The number of para-hydroxylation sites is 2. The number of ether oxygens (including phenoxy) is 1. The molecule has 1 aromatic rings. The van der Waals surface area contributed by atoms with E-state index in [1.54, 1.807) is 12.0 Å². The van der Waals surface area contributed by atoms with Crippen molar-refractivity contribution < 1.29 is 9.53 Å². The number of nitrogens with one attached hydrogen (secondary N) is 1. The van der Waals surface area contributed by atoms with Crippen molar-refractivity contribution in [2.45, 2.75) is 25.3 Å². The van der Waals surface area contributed by atoms with Gasteiger partial charge in [0.1, 0.15) is 5.75 Å². The minimum Gasteiger partial charge on any atom is -0.495 e. The van der Waals surface area contributed by atoms with Crippen LogP contribution >= 0.6 is 0 Å². The Morgan fingerprint density at radius 3 is 2.95 bits per heavy atom. The molecule has 4 heteroatoms. The van der Waals surface area contributed by atoms with Crippen LogP contribution in [0, 0.1) is 11.8 Å². The van der Waals surface area contributed by atoms with Gasteiger partial charge in [-0.05, 0) is 43.4 Å². The Hall–Kier alpha value is -1.55. The van der Waals surface area contributed by atoms with E-state index in [2.05, 4.69) is 5.32 Å². The second-order valence-electron chi connectivity index (χ2n) is 5.81. The van der Waals surface area contributed by atoms with E-state index >= 15 is 0 Å². The topological polar surface area (TPSA) is 41.6 Å². The van der Waals surface area contributed by atoms with Gasteiger partial charge in [-0.1, -0.05) is 18.6 Å². The van der Waals surface area contributed by atoms with E-state index in [1.165, 1.54) is 19.3 Å². The molecule has 1 heterocycles. The first-order valence-electron chi connectivity index (χ1n) is 7.36. The maximum Gasteiger partial charge on any atom is 0.244 e. The van der Waals surface area contributed by atoms with E-state index in [0.717, 1.165) is 18.0 Å². The van der Waals surface area contributed by atoms with Crippen molar-refractivity contribution in [2.75, 3.05) is 25.6 Å². The van der Waals surface area contributed by atoms with E-state index in [1.807, 2.05) is 31.3 Å². The van der Waals surface area contributed by atoms with Crippen molar-refractivity contribution in [3.05, 3.63) is 24.3 Å². The molecule has 1 saturated carbocycles. The molecule has 1 aromatic carbocycles. The number of hydrogen-bond acceptors (Lipinski definition) is 3. The second-order valence-corrected chi connectivity index (χ2v) is 5.81. The van der Waals surface area contributed by atoms with Crippen molar-refractivity contribution in [1.29, 1.82) is 0 Å². The van der Waals surface area contributed by atoms with Crippen molar-refractivity contribution in [3.63, 3.8) is 0 Å². The van der Waals surface area contributed by atoms with Gasteiger partial charge in [0, 0.05) is 7.05 Å². The Morgan fingerprint density at radius 2 is 2.15 bits per heavy atom. The highest BCUT2D eigenvalue weighted by Gasteiger charge is 2.43. The lowest BCUT2D eigenvalue weighted by molar-refractivity contribution is -0.120. The van der Waals surface area contributed by atoms with Crippen molar-refractivity contribution in [3.8, 4) is 5.75 Å². The third-order valence-corrected chi connectivity index (χ3v) is 4.79. The van der Waals surface area contributed by atoms with E-state index in [4.69, 9.17) is 4.74 Å². The second kappa shape index (κ2) is 5.44. The Morgan fingerprint density at radius 1 is 1.35 bits per heavy atom. The highest BCUT2D eigenvalue weighted by atomic mass is 16.5. The summed E-state index contributed by atoms with van der Waals surface area (Å²) in [4.78, 5) is 14.5. The van der Waals surface area contributed by atoms with Crippen molar-refractivity contribution in [1.82, 2.24) is 5.32 Å². The van der Waals surface area contributed by atoms with Crippen LogP contribution in [0.5, 0.6) is 5.75 Å². The van der Waals surface area contributed by atoms with E-state index < -0.39 is 0 Å². The number of amides is 1. The summed E-state index contributed by atoms with van der Waals surface area (Å²) in [5, 5.41) is 3.41. The van der Waals surface area contributed by atoms with Crippen LogP contribution in [-0.4, -0.2) is 32.7 Å². The minimum atomic E-state index is -0.0302. The van der Waals surface area contributed by atoms with Crippen LogP contribution in [0.4, 0.5) is 5.69 Å². The van der Waals surface area contributed by atoms with E-state index in [-0.39, 0.29) is 11.9 Å². The van der Waals surface area contributed by atoms with Crippen LogP contribution in [0.3, 0.4) is 0 Å². The number of hydrogen-bond donors (Lipinski definition) is 1. The summed E-state index contributed by atoms with van der Waals surface area (Å²) in [5.74, 6) is 2.10. The van der Waals surface area contributed by atoms with Gasteiger partial charge in [-0.3, -0.25) is 4.79 Å². The van der Waals surface area contributed by atoms with Gasteiger partial charge >= 0.3 is 0 Å². The monoisotopic (exact) mass is 274 g/mol. The molecule has 1 aliphatic heterocycles. The first-order valence-corrected chi connectivity index (χ1v) is 7.36. The SMILES string of the molecule is COc1ccccc1N(C)C(=O)C1NCC2CCCC21. The number of carbonyl (C=O) groups excluding carboxylic acids is 1. The number of likely N-dealkylation sites (N-methyl/N-ethyl adjacent to an activating group) is 1. The zero-order chi connectivity index (χ0) is 14.1. The molecule has 3 unspecified atom stereocenters. The maximum absolute atomic E-state index is 12.8. The van der Waals surface area contributed by atoms with Crippen LogP contribution < -0.4 is 15.0 Å². The Bertz CT molecular complexity index is 503. The molecule has 3 rings (SSSR count). The molecule has 2 aliphatic rings. The average molecular weight is 274 g/mol. The molecular formula is C16H22N2O2. The largest absolute Gasteiger partial charge is 0.495 e. The van der Waals surface area contributed by atoms with Gasteiger partial charge in [-0.2, -0.15) is 0 Å². The molecule has 3 atom stereocenters. The van der Waals surface area contributed by atoms with Crippen LogP contribution in [0.25, 0.3) is 0 Å². The molecule has 0 radical (unpaired) electrons. The standard InChI is InChI=1S/C16H22N2O2/c1-18(13-8-3-4-9-14(13)20-2)16(19)15-12-7-5-6-11(12)10-17-15/h3-4,8-9,11-12,15,17H,5-7,10H2,1-2H3. The Labute approximate surface area is 120 Å². The lowest BCUT2D eigenvalue weighted by Crippen LogP contribution is -2.45. The highest BCUT2D eigenvalue weighted by Crippen LogP contribution is 2.39. The fraction of sp³-hybridized carbons (Fsp3) is 0.562. The molecule has 0 bridgehead atoms. The molecule has 1 aliphatic carbocycles. The molecule has 108 valence electrons. The number of rotatable bonds is 3. The quantitative estimate of drug-likeness (QED) is 0.917. The van der Waals surface area contributed by atoms with Crippen LogP contribution in [0.15, 0.2) is 24.3 Å². The summed E-state index contributed by atoms with van der Waals surface area (Å²) >= 11 is 0. The first kappa shape index (κ1) is 13.4. The maximum atomic E-state index is 12.8. The third-order valence-electron chi connectivity index (χ3n) is 4.79. The van der Waals surface area contributed by atoms with E-state index in [9.17, 15) is 4.79 Å². The molecule has 2 fully saturated rings. The molecular weight excluding hydrogens is 252 g/mol. The summed E-state index contributed by atoms with van der Waals surface area (Å²) in [6, 6.07) is 7.64. The van der Waals surface area contributed by atoms with Crippen LogP contribution in [-0.2, 0) is 4.79 Å². The molecule has 1 N–H and O–H groups in total. The van der Waals surface area contributed by atoms with Gasteiger partial charge in [-0.25, -0.2) is 0 Å². The van der Waals surface area contributed by atoms with Gasteiger partial charge in [-0.15, -0.1) is 0 Å². The number of nitrogens with zero attached hydrogens (tertiary/aromatic N) is 1. The molecule has 1 saturated heterocycles. The molecule has 0 aromatic heterocycles. The Balaban J connectivity index is 1.80. The van der Waals surface area contributed by atoms with Gasteiger partial charge < -0.3 is 15.0 Å². The fourth-order valence-corrected chi connectivity index (χ4v) is 3.69. The predicted octanol–water partition coefficient (Wildman–Crippen LogP) is 2.05. The number of anilines is 1. The van der Waals surface area contributed by atoms with Crippen molar-refractivity contribution >= 4 is 11.6 Å². The molecule has 20 heavy (non-hydrogen) atoms. The molecule has 1 amide bonds. The molecule has 4 nitrogen and oxygen atoms in total. The third kappa shape index (κ3) is 2.18. The van der Waals surface area contributed by atoms with Gasteiger partial charge in [0.05, 0.1) is 18.8 Å². The van der Waals surface area contributed by atoms with Crippen LogP contribution in [0.1, 0.15) is 19.3 Å².